The third kappa shape index (κ3) is 2.91. The fraction of sp³-hybridized carbons (Fsp3) is 0.667. The van der Waals surface area contributed by atoms with Gasteiger partial charge in [0.2, 0.25) is 0 Å². The van der Waals surface area contributed by atoms with Crippen molar-refractivity contribution in [3.8, 4) is 0 Å². The van der Waals surface area contributed by atoms with E-state index in [9.17, 15) is 14.4 Å². The number of aromatic nitrogens is 4. The van der Waals surface area contributed by atoms with Gasteiger partial charge in [0.25, 0.3) is 0 Å². The maximum absolute atomic E-state index is 12.2. The summed E-state index contributed by atoms with van der Waals surface area (Å²) in [7, 11) is 0. The van der Waals surface area contributed by atoms with E-state index in [1.54, 1.807) is 0 Å². The third-order valence-electron chi connectivity index (χ3n) is 3.21. The number of nitrogens with zero attached hydrogens (tertiary/aromatic N) is 6. The summed E-state index contributed by atoms with van der Waals surface area (Å²) in [6, 6.07) is -0.593. The molecule has 1 aliphatic rings. The second kappa shape index (κ2) is 6.42. The van der Waals surface area contributed by atoms with Crippen LogP contribution in [-0.4, -0.2) is 54.4 Å². The third-order valence-corrected chi connectivity index (χ3v) is 3.21. The van der Waals surface area contributed by atoms with Crippen molar-refractivity contribution >= 4 is 17.8 Å². The first kappa shape index (κ1) is 15.1. The monoisotopic (exact) mass is 294 g/mol. The van der Waals surface area contributed by atoms with Crippen LogP contribution in [0.3, 0.4) is 0 Å². The van der Waals surface area contributed by atoms with Gasteiger partial charge in [0.1, 0.15) is 0 Å². The Morgan fingerprint density at radius 2 is 1.67 bits per heavy atom. The number of hydrogen-bond acceptors (Lipinski definition) is 6. The maximum atomic E-state index is 12.2. The summed E-state index contributed by atoms with van der Waals surface area (Å²) in [5.41, 5.74) is 0. The molecule has 0 spiro atoms. The van der Waals surface area contributed by atoms with Crippen molar-refractivity contribution in [1.82, 2.24) is 30.0 Å². The van der Waals surface area contributed by atoms with Crippen molar-refractivity contribution in [2.75, 3.05) is 6.54 Å². The molecule has 0 aromatic carbocycles. The van der Waals surface area contributed by atoms with Gasteiger partial charge < -0.3 is 0 Å². The number of hydrogen-bond donors (Lipinski definition) is 0. The zero-order valence-electron chi connectivity index (χ0n) is 12.2. The number of amides is 4. The van der Waals surface area contributed by atoms with Crippen molar-refractivity contribution in [3.05, 3.63) is 5.82 Å². The Morgan fingerprint density at radius 1 is 0.952 bits per heavy atom. The van der Waals surface area contributed by atoms with Crippen LogP contribution in [-0.2, 0) is 22.7 Å². The summed E-state index contributed by atoms with van der Waals surface area (Å²) in [5, 5.41) is 11.1. The Morgan fingerprint density at radius 3 is 2.33 bits per heavy atom. The molecular weight excluding hydrogens is 276 g/mol. The molecule has 1 aliphatic heterocycles. The number of urea groups is 1. The highest BCUT2D eigenvalue weighted by Gasteiger charge is 2.44. The van der Waals surface area contributed by atoms with Crippen LogP contribution in [0.5, 0.6) is 0 Å². The molecule has 114 valence electrons. The zero-order chi connectivity index (χ0) is 15.4. The summed E-state index contributed by atoms with van der Waals surface area (Å²) < 4.78 is 1.53. The van der Waals surface area contributed by atoms with E-state index in [0.29, 0.717) is 18.8 Å². The van der Waals surface area contributed by atoms with E-state index in [2.05, 4.69) is 15.5 Å². The van der Waals surface area contributed by atoms with Gasteiger partial charge in [0.15, 0.2) is 5.82 Å². The minimum atomic E-state index is -0.817. The molecule has 0 bridgehead atoms. The van der Waals surface area contributed by atoms with Crippen LogP contribution >= 0.6 is 0 Å². The molecule has 21 heavy (non-hydrogen) atoms. The summed E-state index contributed by atoms with van der Waals surface area (Å²) in [6.07, 6.45) is 2.33. The lowest BCUT2D eigenvalue weighted by atomic mass is 10.3. The van der Waals surface area contributed by atoms with Gasteiger partial charge in [-0.25, -0.2) is 14.4 Å². The molecule has 2 heterocycles. The molecule has 4 amide bonds. The number of carbonyl (C=O) groups excluding carboxylic acids is 3. The Bertz CT molecular complexity index is 555. The molecule has 1 aromatic heterocycles. The van der Waals surface area contributed by atoms with Gasteiger partial charge in [-0.1, -0.05) is 20.3 Å². The van der Waals surface area contributed by atoms with E-state index in [1.165, 1.54) is 4.68 Å². The highest BCUT2D eigenvalue weighted by atomic mass is 16.2. The summed E-state index contributed by atoms with van der Waals surface area (Å²) in [5.74, 6) is -1.20. The minimum absolute atomic E-state index is 0.0843. The molecular formula is C12H18N6O3. The quantitative estimate of drug-likeness (QED) is 0.525. The smallest absolute Gasteiger partial charge is 0.263 e. The molecule has 9 nitrogen and oxygen atoms in total. The molecule has 0 saturated carbocycles. The lowest BCUT2D eigenvalue weighted by Gasteiger charge is -2.14. The molecule has 0 unspecified atom stereocenters. The lowest BCUT2D eigenvalue weighted by molar-refractivity contribution is -0.143. The fourth-order valence-corrected chi connectivity index (χ4v) is 2.07. The fourth-order valence-electron chi connectivity index (χ4n) is 2.07. The Kier molecular flexibility index (Phi) is 4.61. The molecule has 0 radical (unpaired) electrons. The van der Waals surface area contributed by atoms with Crippen molar-refractivity contribution in [1.29, 1.82) is 0 Å². The Hall–Kier alpha value is -2.32. The Balaban J connectivity index is 2.12. The number of carbonyl (C=O) groups is 3. The van der Waals surface area contributed by atoms with Crippen LogP contribution < -0.4 is 0 Å². The SMILES string of the molecule is CCCCN1C(=O)C(=O)N(Cc2nnnn2CCC)C1=O. The van der Waals surface area contributed by atoms with Gasteiger partial charge in [-0.05, 0) is 23.3 Å². The Labute approximate surface area is 121 Å². The van der Waals surface area contributed by atoms with Gasteiger partial charge in [-0.15, -0.1) is 5.10 Å². The molecule has 1 fully saturated rings. The van der Waals surface area contributed by atoms with E-state index < -0.39 is 17.8 Å². The maximum Gasteiger partial charge on any atom is 0.334 e. The van der Waals surface area contributed by atoms with Crippen LogP contribution in [0.25, 0.3) is 0 Å². The number of rotatable bonds is 7. The van der Waals surface area contributed by atoms with Gasteiger partial charge in [0, 0.05) is 13.1 Å². The minimum Gasteiger partial charge on any atom is -0.263 e. The molecule has 0 aliphatic carbocycles. The lowest BCUT2D eigenvalue weighted by Crippen LogP contribution is -2.34. The molecule has 1 aromatic rings. The molecule has 1 saturated heterocycles. The summed E-state index contributed by atoms with van der Waals surface area (Å²) in [4.78, 5) is 37.8. The predicted molar refractivity (Wildman–Crippen MR) is 70.7 cm³/mol. The summed E-state index contributed by atoms with van der Waals surface area (Å²) >= 11 is 0. The molecule has 9 heteroatoms. The molecule has 0 N–H and O–H groups in total. The van der Waals surface area contributed by atoms with Crippen molar-refractivity contribution < 1.29 is 14.4 Å². The van der Waals surface area contributed by atoms with Crippen LogP contribution in [0.4, 0.5) is 4.79 Å². The van der Waals surface area contributed by atoms with E-state index in [0.717, 1.165) is 22.6 Å². The topological polar surface area (TPSA) is 101 Å². The largest absolute Gasteiger partial charge is 0.334 e. The number of aryl methyl sites for hydroxylation is 1. The normalized spacial score (nSPS) is 15.4. The number of tetrazole rings is 1. The first-order valence-electron chi connectivity index (χ1n) is 7.02. The first-order chi connectivity index (χ1) is 10.1. The second-order valence-electron chi connectivity index (χ2n) is 4.80. The highest BCUT2D eigenvalue weighted by Crippen LogP contribution is 2.15. The van der Waals surface area contributed by atoms with Crippen molar-refractivity contribution in [2.24, 2.45) is 0 Å². The molecule has 2 rings (SSSR count). The standard InChI is InChI=1S/C12H18N6O3/c1-3-5-7-16-10(19)11(20)17(12(16)21)8-9-13-14-15-18(9)6-4-2/h3-8H2,1-2H3. The average Bonchev–Trinajstić information content (AvgIpc) is 2.98. The van der Waals surface area contributed by atoms with E-state index in [4.69, 9.17) is 0 Å². The zero-order valence-corrected chi connectivity index (χ0v) is 12.2. The number of unbranched alkanes of at least 4 members (excludes halogenated alkanes) is 1. The summed E-state index contributed by atoms with van der Waals surface area (Å²) in [6.45, 7) is 4.68. The van der Waals surface area contributed by atoms with E-state index in [-0.39, 0.29) is 13.1 Å². The first-order valence-corrected chi connectivity index (χ1v) is 7.02. The second-order valence-corrected chi connectivity index (χ2v) is 4.80. The van der Waals surface area contributed by atoms with Gasteiger partial charge >= 0.3 is 17.8 Å². The van der Waals surface area contributed by atoms with E-state index in [1.807, 2.05) is 13.8 Å². The van der Waals surface area contributed by atoms with Gasteiger partial charge in [-0.3, -0.25) is 14.5 Å². The van der Waals surface area contributed by atoms with Crippen molar-refractivity contribution in [3.63, 3.8) is 0 Å². The number of imide groups is 2. The van der Waals surface area contributed by atoms with Crippen LogP contribution in [0.15, 0.2) is 0 Å². The molecule has 0 atom stereocenters. The highest BCUT2D eigenvalue weighted by molar-refractivity contribution is 6.44. The van der Waals surface area contributed by atoms with Crippen LogP contribution in [0.1, 0.15) is 38.9 Å². The van der Waals surface area contributed by atoms with Gasteiger partial charge in [-0.2, -0.15) is 0 Å². The van der Waals surface area contributed by atoms with Gasteiger partial charge in [0.05, 0.1) is 6.54 Å². The predicted octanol–water partition coefficient (Wildman–Crippen LogP) is 0.174. The average molecular weight is 294 g/mol. The van der Waals surface area contributed by atoms with Crippen LogP contribution in [0.2, 0.25) is 0 Å². The van der Waals surface area contributed by atoms with Crippen LogP contribution in [0, 0.1) is 0 Å². The van der Waals surface area contributed by atoms with Crippen molar-refractivity contribution in [2.45, 2.75) is 46.2 Å². The van der Waals surface area contributed by atoms with E-state index >= 15 is 0 Å².